The van der Waals surface area contributed by atoms with Crippen molar-refractivity contribution >= 4 is 23.4 Å². The molecular formula is C15H14ClF2NO3. The molecule has 0 radical (unpaired) electrons. The van der Waals surface area contributed by atoms with Crippen molar-refractivity contribution in [2.75, 3.05) is 6.61 Å². The van der Waals surface area contributed by atoms with Gasteiger partial charge in [-0.25, -0.2) is 13.6 Å². The molecule has 0 saturated heterocycles. The second-order valence-electron chi connectivity index (χ2n) is 4.79. The van der Waals surface area contributed by atoms with Gasteiger partial charge < -0.3 is 10.1 Å². The average molecular weight is 330 g/mol. The zero-order valence-corrected chi connectivity index (χ0v) is 12.5. The van der Waals surface area contributed by atoms with Gasteiger partial charge in [-0.15, -0.1) is 0 Å². The van der Waals surface area contributed by atoms with Gasteiger partial charge in [0, 0.05) is 17.8 Å². The number of nitrogens with one attached hydrogen (secondary N) is 1. The molecule has 0 aromatic heterocycles. The van der Waals surface area contributed by atoms with Crippen molar-refractivity contribution in [2.45, 2.75) is 25.8 Å². The van der Waals surface area contributed by atoms with Crippen LogP contribution < -0.4 is 5.32 Å². The second-order valence-corrected chi connectivity index (χ2v) is 5.20. The first-order valence-corrected chi connectivity index (χ1v) is 7.14. The van der Waals surface area contributed by atoms with Crippen LogP contribution in [0.1, 0.15) is 30.1 Å². The molecule has 1 saturated carbocycles. The highest BCUT2D eigenvalue weighted by atomic mass is 35.5. The molecule has 1 aliphatic carbocycles. The third-order valence-electron chi connectivity index (χ3n) is 3.04. The molecule has 22 heavy (non-hydrogen) atoms. The highest BCUT2D eigenvalue weighted by Crippen LogP contribution is 2.24. The van der Waals surface area contributed by atoms with E-state index in [9.17, 15) is 18.4 Å². The van der Waals surface area contributed by atoms with Crippen molar-refractivity contribution in [1.29, 1.82) is 0 Å². The normalized spacial score (nSPS) is 14.6. The number of esters is 1. The minimum absolute atomic E-state index is 0.0817. The van der Waals surface area contributed by atoms with Crippen LogP contribution in [0.4, 0.5) is 8.78 Å². The number of rotatable bonds is 6. The van der Waals surface area contributed by atoms with Gasteiger partial charge in [-0.3, -0.25) is 4.79 Å². The van der Waals surface area contributed by atoms with E-state index in [1.165, 1.54) is 6.20 Å². The predicted octanol–water partition coefficient (Wildman–Crippen LogP) is 3.00. The van der Waals surface area contributed by atoms with E-state index in [0.717, 1.165) is 12.8 Å². The Morgan fingerprint density at radius 2 is 2.00 bits per heavy atom. The fraction of sp³-hybridized carbons (Fsp3) is 0.333. The van der Waals surface area contributed by atoms with Gasteiger partial charge in [-0.05, 0) is 31.9 Å². The van der Waals surface area contributed by atoms with E-state index < -0.39 is 23.4 Å². The molecule has 0 spiro atoms. The minimum Gasteiger partial charge on any atom is -0.462 e. The zero-order valence-electron chi connectivity index (χ0n) is 11.8. The summed E-state index contributed by atoms with van der Waals surface area (Å²) in [7, 11) is 0. The summed E-state index contributed by atoms with van der Waals surface area (Å²) in [6, 6.07) is 1.57. The van der Waals surface area contributed by atoms with E-state index in [0.29, 0.717) is 12.1 Å². The molecule has 0 amide bonds. The van der Waals surface area contributed by atoms with Gasteiger partial charge in [-0.2, -0.15) is 0 Å². The van der Waals surface area contributed by atoms with E-state index in [-0.39, 0.29) is 28.8 Å². The molecule has 2 rings (SSSR count). The van der Waals surface area contributed by atoms with Crippen molar-refractivity contribution in [2.24, 2.45) is 0 Å². The molecule has 0 aliphatic heterocycles. The van der Waals surface area contributed by atoms with Crippen LogP contribution in [-0.4, -0.2) is 24.4 Å². The van der Waals surface area contributed by atoms with Gasteiger partial charge in [0.05, 0.1) is 11.6 Å². The van der Waals surface area contributed by atoms with Crippen molar-refractivity contribution in [3.63, 3.8) is 0 Å². The highest BCUT2D eigenvalue weighted by Gasteiger charge is 2.26. The highest BCUT2D eigenvalue weighted by molar-refractivity contribution is 6.36. The van der Waals surface area contributed by atoms with Crippen LogP contribution in [0.2, 0.25) is 5.02 Å². The molecule has 1 aliphatic rings. The Balaban J connectivity index is 2.33. The lowest BCUT2D eigenvalue weighted by Gasteiger charge is -2.09. The Bertz CT molecular complexity index is 642. The third-order valence-corrected chi connectivity index (χ3v) is 3.35. The maximum Gasteiger partial charge on any atom is 0.343 e. The summed E-state index contributed by atoms with van der Waals surface area (Å²) in [6.07, 6.45) is 3.12. The lowest BCUT2D eigenvalue weighted by molar-refractivity contribution is -0.138. The van der Waals surface area contributed by atoms with Crippen LogP contribution in [-0.2, 0) is 9.53 Å². The molecule has 1 aromatic rings. The van der Waals surface area contributed by atoms with Crippen LogP contribution in [0, 0.1) is 11.6 Å². The Hall–Kier alpha value is -1.95. The summed E-state index contributed by atoms with van der Waals surface area (Å²) in [5.41, 5.74) is -0.598. The number of ketones is 1. The van der Waals surface area contributed by atoms with E-state index in [1.54, 1.807) is 6.92 Å². The Labute approximate surface area is 131 Å². The number of hydrogen-bond acceptors (Lipinski definition) is 4. The van der Waals surface area contributed by atoms with Crippen LogP contribution in [0.5, 0.6) is 0 Å². The summed E-state index contributed by atoms with van der Waals surface area (Å²) in [5.74, 6) is -4.05. The summed E-state index contributed by atoms with van der Waals surface area (Å²) >= 11 is 5.77. The lowest BCUT2D eigenvalue weighted by atomic mass is 10.0. The monoisotopic (exact) mass is 329 g/mol. The number of halogens is 3. The van der Waals surface area contributed by atoms with Gasteiger partial charge >= 0.3 is 5.97 Å². The number of Topliss-reactive ketones (excluding diaryl/α,β-unsaturated/α-hetero) is 1. The van der Waals surface area contributed by atoms with E-state index in [2.05, 4.69) is 5.32 Å². The predicted molar refractivity (Wildman–Crippen MR) is 76.6 cm³/mol. The topological polar surface area (TPSA) is 55.4 Å². The molecule has 0 bridgehead atoms. The minimum atomic E-state index is -1.22. The molecule has 0 atom stereocenters. The number of ether oxygens (including phenoxy) is 1. The van der Waals surface area contributed by atoms with Crippen molar-refractivity contribution in [3.8, 4) is 0 Å². The Kier molecular flexibility index (Phi) is 5.13. The Morgan fingerprint density at radius 3 is 2.59 bits per heavy atom. The molecule has 0 heterocycles. The number of benzene rings is 1. The van der Waals surface area contributed by atoms with E-state index in [4.69, 9.17) is 16.3 Å². The van der Waals surface area contributed by atoms with Crippen LogP contribution in [0.25, 0.3) is 0 Å². The zero-order chi connectivity index (χ0) is 16.3. The fourth-order valence-electron chi connectivity index (χ4n) is 1.72. The first-order valence-electron chi connectivity index (χ1n) is 6.76. The standard InChI is InChI=1S/C15H14ClF2NO3/c1-2-22-15(21)10(7-19-8-3-4-8)14(20)9-5-12(17)13(18)6-11(9)16/h5-8,19H,2-4H2,1H3/b10-7-. The maximum absolute atomic E-state index is 13.3. The first kappa shape index (κ1) is 16.4. The maximum atomic E-state index is 13.3. The van der Waals surface area contributed by atoms with Crippen molar-refractivity contribution < 1.29 is 23.1 Å². The molecule has 1 N–H and O–H groups in total. The van der Waals surface area contributed by atoms with E-state index in [1.807, 2.05) is 0 Å². The first-order chi connectivity index (χ1) is 10.4. The van der Waals surface area contributed by atoms with Gasteiger partial charge in [0.1, 0.15) is 5.57 Å². The SMILES string of the molecule is CCOC(=O)/C(=C\NC1CC1)C(=O)c1cc(F)c(F)cc1Cl. The molecule has 0 unspecified atom stereocenters. The molecular weight excluding hydrogens is 316 g/mol. The van der Waals surface area contributed by atoms with Crippen LogP contribution >= 0.6 is 11.6 Å². The molecule has 7 heteroatoms. The van der Waals surface area contributed by atoms with Crippen LogP contribution in [0.15, 0.2) is 23.9 Å². The van der Waals surface area contributed by atoms with Gasteiger partial charge in [0.15, 0.2) is 11.6 Å². The van der Waals surface area contributed by atoms with Crippen molar-refractivity contribution in [3.05, 3.63) is 46.1 Å². The smallest absolute Gasteiger partial charge is 0.343 e. The number of carbonyl (C=O) groups excluding carboxylic acids is 2. The molecule has 1 aromatic carbocycles. The summed E-state index contributed by atoms with van der Waals surface area (Å²) in [4.78, 5) is 24.3. The van der Waals surface area contributed by atoms with Gasteiger partial charge in [0.25, 0.3) is 0 Å². The van der Waals surface area contributed by atoms with Crippen LogP contribution in [0.3, 0.4) is 0 Å². The molecule has 4 nitrogen and oxygen atoms in total. The average Bonchev–Trinajstić information content (AvgIpc) is 3.27. The largest absolute Gasteiger partial charge is 0.462 e. The quantitative estimate of drug-likeness (QED) is 0.218. The third kappa shape index (κ3) is 3.82. The van der Waals surface area contributed by atoms with Gasteiger partial charge in [0.2, 0.25) is 5.78 Å². The fourth-order valence-corrected chi connectivity index (χ4v) is 1.96. The summed E-state index contributed by atoms with van der Waals surface area (Å²) in [6.45, 7) is 1.68. The van der Waals surface area contributed by atoms with E-state index >= 15 is 0 Å². The second kappa shape index (κ2) is 6.87. The lowest BCUT2D eigenvalue weighted by Crippen LogP contribution is -2.21. The van der Waals surface area contributed by atoms with Gasteiger partial charge in [-0.1, -0.05) is 11.6 Å². The number of carbonyl (C=O) groups is 2. The summed E-state index contributed by atoms with van der Waals surface area (Å²) < 4.78 is 31.2. The molecule has 1 fully saturated rings. The Morgan fingerprint density at radius 1 is 1.36 bits per heavy atom. The van der Waals surface area contributed by atoms with Crippen molar-refractivity contribution in [1.82, 2.24) is 5.32 Å². The molecule has 118 valence electrons. The summed E-state index contributed by atoms with van der Waals surface area (Å²) in [5, 5.41) is 2.62. The number of hydrogen-bond donors (Lipinski definition) is 1.